The minimum Gasteiger partial charge on any atom is -0.258 e. The van der Waals surface area contributed by atoms with Gasteiger partial charge in [0.1, 0.15) is 5.69 Å². The van der Waals surface area contributed by atoms with Crippen molar-refractivity contribution in [2.24, 2.45) is 0 Å². The van der Waals surface area contributed by atoms with E-state index in [4.69, 9.17) is 0 Å². The number of nitrogens with zero attached hydrogens (tertiary/aromatic N) is 3. The maximum absolute atomic E-state index is 11.6. The fourth-order valence-corrected chi connectivity index (χ4v) is 2.50. The number of hydrogen-bond acceptors (Lipinski definition) is 3. The summed E-state index contributed by atoms with van der Waals surface area (Å²) < 4.78 is 1.66. The Balaban J connectivity index is 2.33. The van der Waals surface area contributed by atoms with Crippen LogP contribution in [0.1, 0.15) is 12.6 Å². The molecule has 0 spiro atoms. The van der Waals surface area contributed by atoms with Gasteiger partial charge in [0.25, 0.3) is 0 Å². The topological polar surface area (TPSA) is 61.0 Å². The van der Waals surface area contributed by atoms with Gasteiger partial charge in [0.15, 0.2) is 5.69 Å². The Morgan fingerprint density at radius 2 is 1.64 bits per heavy atom. The van der Waals surface area contributed by atoms with E-state index in [0.29, 0.717) is 17.8 Å². The Morgan fingerprint density at radius 3 is 2.18 bits per heavy atom. The molecule has 0 N–H and O–H groups in total. The van der Waals surface area contributed by atoms with Gasteiger partial charge in [-0.1, -0.05) is 55.5 Å². The smallest absolute Gasteiger partial charge is 0.258 e. The average Bonchev–Trinajstić information content (AvgIpc) is 2.96. The molecule has 5 nitrogen and oxygen atoms in total. The van der Waals surface area contributed by atoms with Gasteiger partial charge >= 0.3 is 5.69 Å². The second kappa shape index (κ2) is 5.81. The third-order valence-electron chi connectivity index (χ3n) is 3.50. The Kier molecular flexibility index (Phi) is 3.70. The molecule has 0 saturated carbocycles. The van der Waals surface area contributed by atoms with Crippen LogP contribution in [0.4, 0.5) is 5.69 Å². The van der Waals surface area contributed by atoms with E-state index in [-0.39, 0.29) is 10.6 Å². The van der Waals surface area contributed by atoms with Gasteiger partial charge in [-0.15, -0.1) is 0 Å². The fraction of sp³-hybridized carbons (Fsp3) is 0.118. The Hall–Kier alpha value is -2.95. The van der Waals surface area contributed by atoms with Crippen molar-refractivity contribution in [3.63, 3.8) is 0 Å². The van der Waals surface area contributed by atoms with Gasteiger partial charge in [0, 0.05) is 5.56 Å². The highest BCUT2D eigenvalue weighted by Crippen LogP contribution is 2.35. The molecule has 0 saturated heterocycles. The normalized spacial score (nSPS) is 10.6. The van der Waals surface area contributed by atoms with Gasteiger partial charge in [0.2, 0.25) is 0 Å². The maximum atomic E-state index is 11.6. The van der Waals surface area contributed by atoms with Gasteiger partial charge in [0.05, 0.1) is 10.6 Å². The van der Waals surface area contributed by atoms with Crippen LogP contribution >= 0.6 is 0 Å². The van der Waals surface area contributed by atoms with Crippen LogP contribution in [0.5, 0.6) is 0 Å². The lowest BCUT2D eigenvalue weighted by molar-refractivity contribution is -0.384. The second-order valence-corrected chi connectivity index (χ2v) is 4.87. The predicted molar refractivity (Wildman–Crippen MR) is 85.0 cm³/mol. The van der Waals surface area contributed by atoms with Gasteiger partial charge in [-0.3, -0.25) is 10.1 Å². The molecule has 1 aromatic heterocycles. The van der Waals surface area contributed by atoms with Crippen molar-refractivity contribution in [2.45, 2.75) is 13.3 Å². The van der Waals surface area contributed by atoms with Crippen molar-refractivity contribution in [3.05, 3.63) is 76.5 Å². The minimum atomic E-state index is -0.340. The lowest BCUT2D eigenvalue weighted by Gasteiger charge is -2.06. The second-order valence-electron chi connectivity index (χ2n) is 4.87. The molecule has 0 aliphatic rings. The van der Waals surface area contributed by atoms with Crippen molar-refractivity contribution in [3.8, 4) is 16.9 Å². The summed E-state index contributed by atoms with van der Waals surface area (Å²) in [5.41, 5.74) is 2.69. The zero-order valence-corrected chi connectivity index (χ0v) is 12.1. The highest BCUT2D eigenvalue weighted by Gasteiger charge is 2.28. The molecule has 0 amide bonds. The summed E-state index contributed by atoms with van der Waals surface area (Å²) in [6.45, 7) is 1.87. The third kappa shape index (κ3) is 2.37. The number of hydrogen-bond donors (Lipinski definition) is 0. The Morgan fingerprint density at radius 1 is 1.05 bits per heavy atom. The minimum absolute atomic E-state index is 0.0811. The molecule has 0 radical (unpaired) electrons. The zero-order chi connectivity index (χ0) is 15.5. The van der Waals surface area contributed by atoms with Crippen LogP contribution < -0.4 is 0 Å². The molecule has 2 aromatic carbocycles. The molecule has 0 atom stereocenters. The maximum Gasteiger partial charge on any atom is 0.318 e. The predicted octanol–water partition coefficient (Wildman–Crippen LogP) is 4.01. The van der Waals surface area contributed by atoms with Gasteiger partial charge < -0.3 is 0 Å². The number of aryl methyl sites for hydroxylation is 1. The van der Waals surface area contributed by atoms with Crippen LogP contribution in [-0.2, 0) is 6.42 Å². The van der Waals surface area contributed by atoms with Crippen molar-refractivity contribution in [2.75, 3.05) is 0 Å². The fourth-order valence-electron chi connectivity index (χ4n) is 2.50. The average molecular weight is 293 g/mol. The molecular formula is C17H15N3O2. The van der Waals surface area contributed by atoms with Crippen LogP contribution in [0.15, 0.2) is 60.7 Å². The van der Waals surface area contributed by atoms with E-state index in [0.717, 1.165) is 11.3 Å². The van der Waals surface area contributed by atoms with E-state index in [1.54, 1.807) is 4.68 Å². The summed E-state index contributed by atoms with van der Waals surface area (Å²) in [6, 6.07) is 18.8. The molecule has 110 valence electrons. The molecule has 22 heavy (non-hydrogen) atoms. The highest BCUT2D eigenvalue weighted by molar-refractivity contribution is 5.73. The van der Waals surface area contributed by atoms with Crippen molar-refractivity contribution in [1.82, 2.24) is 9.78 Å². The van der Waals surface area contributed by atoms with E-state index in [2.05, 4.69) is 5.10 Å². The van der Waals surface area contributed by atoms with Crippen molar-refractivity contribution < 1.29 is 4.92 Å². The molecule has 0 aliphatic heterocycles. The first-order valence-corrected chi connectivity index (χ1v) is 7.09. The molecule has 3 aromatic rings. The van der Waals surface area contributed by atoms with Crippen LogP contribution in [0.2, 0.25) is 0 Å². The molecule has 1 heterocycles. The molecule has 0 bridgehead atoms. The number of rotatable bonds is 4. The van der Waals surface area contributed by atoms with Crippen LogP contribution in [0.3, 0.4) is 0 Å². The molecule has 0 unspecified atom stereocenters. The first-order chi connectivity index (χ1) is 10.7. The van der Waals surface area contributed by atoms with Crippen molar-refractivity contribution >= 4 is 5.69 Å². The zero-order valence-electron chi connectivity index (χ0n) is 12.1. The van der Waals surface area contributed by atoms with Gasteiger partial charge in [-0.25, -0.2) is 4.68 Å². The molecule has 0 aliphatic carbocycles. The highest BCUT2D eigenvalue weighted by atomic mass is 16.6. The van der Waals surface area contributed by atoms with Gasteiger partial charge in [-0.05, 0) is 18.6 Å². The van der Waals surface area contributed by atoms with Crippen LogP contribution in [0, 0.1) is 10.1 Å². The van der Waals surface area contributed by atoms with Crippen LogP contribution in [-0.4, -0.2) is 14.7 Å². The summed E-state index contributed by atoms with van der Waals surface area (Å²) in [5, 5.41) is 16.0. The lowest BCUT2D eigenvalue weighted by atomic mass is 10.1. The Bertz CT molecular complexity index is 796. The first-order valence-electron chi connectivity index (χ1n) is 7.09. The molecule has 3 rings (SSSR count). The molecular weight excluding hydrogens is 278 g/mol. The number of benzene rings is 2. The number of aromatic nitrogens is 2. The van der Waals surface area contributed by atoms with E-state index in [9.17, 15) is 10.1 Å². The van der Waals surface area contributed by atoms with Crippen molar-refractivity contribution in [1.29, 1.82) is 0 Å². The number of para-hydroxylation sites is 1. The third-order valence-corrected chi connectivity index (χ3v) is 3.50. The Labute approximate surface area is 128 Å². The summed E-state index contributed by atoms with van der Waals surface area (Å²) >= 11 is 0. The molecule has 0 fully saturated rings. The first kappa shape index (κ1) is 14.0. The van der Waals surface area contributed by atoms with Gasteiger partial charge in [-0.2, -0.15) is 5.10 Å². The lowest BCUT2D eigenvalue weighted by Crippen LogP contribution is -2.00. The monoisotopic (exact) mass is 293 g/mol. The summed E-state index contributed by atoms with van der Waals surface area (Å²) in [5.74, 6) is 0. The van der Waals surface area contributed by atoms with E-state index >= 15 is 0 Å². The van der Waals surface area contributed by atoms with E-state index in [1.165, 1.54) is 0 Å². The van der Waals surface area contributed by atoms with Crippen LogP contribution in [0.25, 0.3) is 16.9 Å². The quantitative estimate of drug-likeness (QED) is 0.539. The number of nitro groups is 1. The summed E-state index contributed by atoms with van der Waals surface area (Å²) in [6.07, 6.45) is 0.510. The summed E-state index contributed by atoms with van der Waals surface area (Å²) in [7, 11) is 0. The summed E-state index contributed by atoms with van der Waals surface area (Å²) in [4.78, 5) is 11.2. The van der Waals surface area contributed by atoms with E-state index < -0.39 is 0 Å². The standard InChI is InChI=1S/C17H15N3O2/c1-2-15-17(20(21)22)16(13-9-5-3-6-10-13)19(18-15)14-11-7-4-8-12-14/h3-12H,2H2,1H3. The van der Waals surface area contributed by atoms with E-state index in [1.807, 2.05) is 67.6 Å². The largest absolute Gasteiger partial charge is 0.318 e. The SMILES string of the molecule is CCc1nn(-c2ccccc2)c(-c2ccccc2)c1[N+](=O)[O-]. The molecule has 5 heteroatoms.